The summed E-state index contributed by atoms with van der Waals surface area (Å²) in [5.74, 6) is 1.10. The fraction of sp³-hybridized carbons (Fsp3) is 0.619. The van der Waals surface area contributed by atoms with Gasteiger partial charge in [-0.05, 0) is 38.3 Å². The van der Waals surface area contributed by atoms with Crippen LogP contribution in [0.1, 0.15) is 39.0 Å². The van der Waals surface area contributed by atoms with Crippen LogP contribution in [0.2, 0.25) is 0 Å². The van der Waals surface area contributed by atoms with Gasteiger partial charge >= 0.3 is 0 Å². The average molecular weight is 518 g/mol. The van der Waals surface area contributed by atoms with Crippen LogP contribution >= 0.6 is 24.0 Å². The first kappa shape index (κ1) is 23.7. The molecule has 1 aromatic carbocycles. The van der Waals surface area contributed by atoms with Crippen LogP contribution in [0.5, 0.6) is 5.75 Å². The number of hydrogen-bond donors (Lipinski definition) is 2. The number of hydrogen-bond acceptors (Lipinski definition) is 3. The van der Waals surface area contributed by atoms with E-state index in [1.54, 1.807) is 25.2 Å². The highest BCUT2D eigenvalue weighted by atomic mass is 127. The first-order valence-corrected chi connectivity index (χ1v) is 10.2. The maximum atomic E-state index is 13.7. The summed E-state index contributed by atoms with van der Waals surface area (Å²) in [6, 6.07) is 6.58. The number of rotatable bonds is 6. The summed E-state index contributed by atoms with van der Waals surface area (Å²) in [7, 11) is 1.72. The number of ether oxygens (including phenoxy) is 1. The van der Waals surface area contributed by atoms with Crippen molar-refractivity contribution in [3.8, 4) is 5.75 Å². The van der Waals surface area contributed by atoms with Gasteiger partial charge in [0.2, 0.25) is 5.91 Å². The van der Waals surface area contributed by atoms with Crippen molar-refractivity contribution in [1.29, 1.82) is 0 Å². The van der Waals surface area contributed by atoms with Crippen molar-refractivity contribution in [1.82, 2.24) is 15.5 Å². The second-order valence-electron chi connectivity index (χ2n) is 7.71. The van der Waals surface area contributed by atoms with Gasteiger partial charge in [0.25, 0.3) is 0 Å². The first-order valence-electron chi connectivity index (χ1n) is 10.2. The molecule has 0 aromatic heterocycles. The maximum absolute atomic E-state index is 13.7. The SMILES string of the molecule is CN=C(NCC(C)Oc1ccccc1F)NC1CCN(C(=O)C2CCCC2)C1.I. The van der Waals surface area contributed by atoms with E-state index in [4.69, 9.17) is 4.74 Å². The third-order valence-corrected chi connectivity index (χ3v) is 5.49. The smallest absolute Gasteiger partial charge is 0.225 e. The number of halogens is 2. The van der Waals surface area contributed by atoms with Gasteiger partial charge in [0.05, 0.1) is 6.54 Å². The summed E-state index contributed by atoms with van der Waals surface area (Å²) in [5, 5.41) is 6.61. The Morgan fingerprint density at radius 1 is 1.31 bits per heavy atom. The molecule has 1 aliphatic carbocycles. The average Bonchev–Trinajstić information content (AvgIpc) is 3.38. The predicted octanol–water partition coefficient (Wildman–Crippen LogP) is 3.17. The highest BCUT2D eigenvalue weighted by molar-refractivity contribution is 14.0. The summed E-state index contributed by atoms with van der Waals surface area (Å²) in [6.07, 6.45) is 5.12. The molecular formula is C21H32FIN4O2. The van der Waals surface area contributed by atoms with Gasteiger partial charge in [0.1, 0.15) is 6.10 Å². The third kappa shape index (κ3) is 6.72. The van der Waals surface area contributed by atoms with Gasteiger partial charge in [-0.2, -0.15) is 0 Å². The molecule has 3 rings (SSSR count). The van der Waals surface area contributed by atoms with Crippen LogP contribution in [0.4, 0.5) is 4.39 Å². The number of aliphatic imine (C=N–C) groups is 1. The van der Waals surface area contributed by atoms with Crippen LogP contribution in [0.15, 0.2) is 29.3 Å². The highest BCUT2D eigenvalue weighted by Gasteiger charge is 2.32. The molecule has 1 amide bonds. The Hall–Kier alpha value is -1.58. The zero-order chi connectivity index (χ0) is 19.9. The van der Waals surface area contributed by atoms with Crippen LogP contribution < -0.4 is 15.4 Å². The summed E-state index contributed by atoms with van der Waals surface area (Å²) in [4.78, 5) is 18.8. The van der Waals surface area contributed by atoms with Crippen molar-refractivity contribution in [2.75, 3.05) is 26.7 Å². The van der Waals surface area contributed by atoms with Crippen LogP contribution in [0.3, 0.4) is 0 Å². The molecule has 1 aromatic rings. The number of carbonyl (C=O) groups is 1. The molecule has 0 radical (unpaired) electrons. The Kier molecular flexibility index (Phi) is 9.45. The normalized spacial score (nSPS) is 20.9. The Bertz CT molecular complexity index is 697. The summed E-state index contributed by atoms with van der Waals surface area (Å²) >= 11 is 0. The number of benzene rings is 1. The molecule has 29 heavy (non-hydrogen) atoms. The summed E-state index contributed by atoms with van der Waals surface area (Å²) < 4.78 is 19.3. The van der Waals surface area contributed by atoms with E-state index in [1.165, 1.54) is 18.9 Å². The van der Waals surface area contributed by atoms with Crippen molar-refractivity contribution in [3.63, 3.8) is 0 Å². The van der Waals surface area contributed by atoms with E-state index in [1.807, 2.05) is 11.8 Å². The van der Waals surface area contributed by atoms with E-state index in [0.29, 0.717) is 18.4 Å². The number of nitrogens with one attached hydrogen (secondary N) is 2. The van der Waals surface area contributed by atoms with Gasteiger partial charge in [0, 0.05) is 32.1 Å². The van der Waals surface area contributed by atoms with Gasteiger partial charge in [-0.15, -0.1) is 24.0 Å². The number of likely N-dealkylation sites (tertiary alicyclic amines) is 1. The zero-order valence-electron chi connectivity index (χ0n) is 17.2. The predicted molar refractivity (Wildman–Crippen MR) is 123 cm³/mol. The van der Waals surface area contributed by atoms with E-state index < -0.39 is 0 Å². The minimum atomic E-state index is -0.366. The minimum Gasteiger partial charge on any atom is -0.486 e. The summed E-state index contributed by atoms with van der Waals surface area (Å²) in [5.41, 5.74) is 0. The van der Waals surface area contributed by atoms with E-state index in [0.717, 1.165) is 32.4 Å². The molecule has 2 N–H and O–H groups in total. The van der Waals surface area contributed by atoms with Crippen molar-refractivity contribution in [3.05, 3.63) is 30.1 Å². The second kappa shape index (κ2) is 11.6. The molecular weight excluding hydrogens is 486 g/mol. The lowest BCUT2D eigenvalue weighted by atomic mass is 10.1. The molecule has 1 aliphatic heterocycles. The van der Waals surface area contributed by atoms with E-state index in [-0.39, 0.29) is 53.6 Å². The van der Waals surface area contributed by atoms with Crippen LogP contribution in [0.25, 0.3) is 0 Å². The van der Waals surface area contributed by atoms with Crippen molar-refractivity contribution in [2.45, 2.75) is 51.2 Å². The molecule has 2 unspecified atom stereocenters. The first-order chi connectivity index (χ1) is 13.6. The molecule has 1 saturated heterocycles. The minimum absolute atomic E-state index is 0. The van der Waals surface area contributed by atoms with Crippen LogP contribution in [-0.2, 0) is 4.79 Å². The van der Waals surface area contributed by atoms with E-state index >= 15 is 0 Å². The Morgan fingerprint density at radius 3 is 2.72 bits per heavy atom. The van der Waals surface area contributed by atoms with Gasteiger partial charge < -0.3 is 20.3 Å². The monoisotopic (exact) mass is 518 g/mol. The van der Waals surface area contributed by atoms with Crippen LogP contribution in [-0.4, -0.2) is 55.6 Å². The van der Waals surface area contributed by atoms with Gasteiger partial charge in [0.15, 0.2) is 17.5 Å². The second-order valence-corrected chi connectivity index (χ2v) is 7.71. The molecule has 2 atom stereocenters. The highest BCUT2D eigenvalue weighted by Crippen LogP contribution is 2.27. The Morgan fingerprint density at radius 2 is 2.03 bits per heavy atom. The molecule has 2 aliphatic rings. The third-order valence-electron chi connectivity index (χ3n) is 5.49. The molecule has 2 fully saturated rings. The van der Waals surface area contributed by atoms with Gasteiger partial charge in [-0.3, -0.25) is 9.79 Å². The van der Waals surface area contributed by atoms with Gasteiger partial charge in [-0.25, -0.2) is 4.39 Å². The number of amides is 1. The van der Waals surface area contributed by atoms with Crippen LogP contribution in [0, 0.1) is 11.7 Å². The number of nitrogens with zero attached hydrogens (tertiary/aromatic N) is 2. The molecule has 1 heterocycles. The van der Waals surface area contributed by atoms with E-state index in [2.05, 4.69) is 15.6 Å². The molecule has 6 nitrogen and oxygen atoms in total. The lowest BCUT2D eigenvalue weighted by Crippen LogP contribution is -2.47. The number of para-hydroxylation sites is 1. The number of guanidine groups is 1. The zero-order valence-corrected chi connectivity index (χ0v) is 19.5. The molecule has 8 heteroatoms. The topological polar surface area (TPSA) is 66.0 Å². The maximum Gasteiger partial charge on any atom is 0.225 e. The van der Waals surface area contributed by atoms with E-state index in [9.17, 15) is 9.18 Å². The molecule has 0 spiro atoms. The summed E-state index contributed by atoms with van der Waals surface area (Å²) in [6.45, 7) is 3.89. The largest absolute Gasteiger partial charge is 0.486 e. The molecule has 162 valence electrons. The molecule has 0 bridgehead atoms. The number of carbonyl (C=O) groups excluding carboxylic acids is 1. The molecule has 1 saturated carbocycles. The lowest BCUT2D eigenvalue weighted by Gasteiger charge is -2.22. The fourth-order valence-corrected chi connectivity index (χ4v) is 3.94. The van der Waals surface area contributed by atoms with Crippen molar-refractivity contribution in [2.24, 2.45) is 10.9 Å². The van der Waals surface area contributed by atoms with Crippen molar-refractivity contribution < 1.29 is 13.9 Å². The van der Waals surface area contributed by atoms with Crippen molar-refractivity contribution >= 4 is 35.8 Å². The lowest BCUT2D eigenvalue weighted by molar-refractivity contribution is -0.134. The fourth-order valence-electron chi connectivity index (χ4n) is 3.94. The standard InChI is InChI=1S/C21H31FN4O2.HI/c1-15(28-19-10-6-5-9-18(19)22)13-24-21(23-2)25-17-11-12-26(14-17)20(27)16-7-3-4-8-16;/h5-6,9-10,15-17H,3-4,7-8,11-14H2,1-2H3,(H2,23,24,25);1H. The van der Waals surface area contributed by atoms with Gasteiger partial charge in [-0.1, -0.05) is 25.0 Å². The Labute approximate surface area is 189 Å². The quantitative estimate of drug-likeness (QED) is 0.345. The Balaban J connectivity index is 0.00000300.